The van der Waals surface area contributed by atoms with Crippen LogP contribution in [-0.4, -0.2) is 24.3 Å². The predicted octanol–water partition coefficient (Wildman–Crippen LogP) is 2.78. The van der Waals surface area contributed by atoms with E-state index in [1.807, 2.05) is 13.8 Å². The van der Waals surface area contributed by atoms with Gasteiger partial charge in [-0.15, -0.1) is 0 Å². The number of hydroxylamine groups is 3. The lowest BCUT2D eigenvalue weighted by Gasteiger charge is -2.41. The summed E-state index contributed by atoms with van der Waals surface area (Å²) < 4.78 is -0.00722. The van der Waals surface area contributed by atoms with Gasteiger partial charge in [0.25, 0.3) is 0 Å². The van der Waals surface area contributed by atoms with Gasteiger partial charge in [-0.2, -0.15) is 0 Å². The molecule has 0 aliphatic carbocycles. The predicted molar refractivity (Wildman–Crippen MR) is 53.6 cm³/mol. The molecule has 0 radical (unpaired) electrons. The fourth-order valence-electron chi connectivity index (χ4n) is 1.33. The summed E-state index contributed by atoms with van der Waals surface area (Å²) in [5.41, 5.74) is 0. The molecule has 0 saturated carbocycles. The summed E-state index contributed by atoms with van der Waals surface area (Å²) in [6.07, 6.45) is 2.26. The highest BCUT2D eigenvalue weighted by molar-refractivity contribution is 4.47. The molecule has 0 rings (SSSR count). The van der Waals surface area contributed by atoms with Crippen molar-refractivity contribution in [2.75, 3.05) is 19.6 Å². The van der Waals surface area contributed by atoms with Crippen LogP contribution >= 0.6 is 0 Å². The standard InChI is InChI=1S/C10H23NO/c1-5-11(12,6-2)9-7-8-10(3)4/h10H,5-9H2,1-4H3. The summed E-state index contributed by atoms with van der Waals surface area (Å²) >= 11 is 0. The van der Waals surface area contributed by atoms with Crippen molar-refractivity contribution in [3.63, 3.8) is 0 Å². The zero-order valence-corrected chi connectivity index (χ0v) is 8.97. The molecule has 2 nitrogen and oxygen atoms in total. The normalized spacial score (nSPS) is 12.5. The first kappa shape index (κ1) is 11.9. The van der Waals surface area contributed by atoms with Crippen molar-refractivity contribution in [1.82, 2.24) is 0 Å². The van der Waals surface area contributed by atoms with Gasteiger partial charge in [0.2, 0.25) is 0 Å². The van der Waals surface area contributed by atoms with Gasteiger partial charge in [-0.05, 0) is 32.6 Å². The van der Waals surface area contributed by atoms with E-state index in [-0.39, 0.29) is 4.65 Å². The van der Waals surface area contributed by atoms with E-state index in [4.69, 9.17) is 0 Å². The van der Waals surface area contributed by atoms with E-state index >= 15 is 0 Å². The van der Waals surface area contributed by atoms with Gasteiger partial charge in [-0.1, -0.05) is 13.8 Å². The second kappa shape index (κ2) is 5.55. The van der Waals surface area contributed by atoms with Crippen molar-refractivity contribution in [1.29, 1.82) is 0 Å². The zero-order chi connectivity index (χ0) is 9.61. The maximum atomic E-state index is 11.8. The third-order valence-electron chi connectivity index (χ3n) is 2.50. The highest BCUT2D eigenvalue weighted by Gasteiger charge is 2.10. The largest absolute Gasteiger partial charge is 0.633 e. The van der Waals surface area contributed by atoms with E-state index in [1.165, 1.54) is 6.42 Å². The van der Waals surface area contributed by atoms with E-state index in [0.29, 0.717) is 13.1 Å². The number of nitrogens with zero attached hydrogens (tertiary/aromatic N) is 1. The summed E-state index contributed by atoms with van der Waals surface area (Å²) in [4.78, 5) is 0. The quantitative estimate of drug-likeness (QED) is 0.447. The molecule has 0 amide bonds. The van der Waals surface area contributed by atoms with Gasteiger partial charge in [0.1, 0.15) is 0 Å². The van der Waals surface area contributed by atoms with Crippen molar-refractivity contribution in [2.24, 2.45) is 5.92 Å². The Morgan fingerprint density at radius 2 is 1.67 bits per heavy atom. The second-order valence-electron chi connectivity index (χ2n) is 3.95. The zero-order valence-electron chi connectivity index (χ0n) is 8.97. The molecule has 0 heterocycles. The van der Waals surface area contributed by atoms with Crippen LogP contribution in [0.4, 0.5) is 0 Å². The number of hydrogen-bond acceptors (Lipinski definition) is 1. The summed E-state index contributed by atoms with van der Waals surface area (Å²) in [6, 6.07) is 0. The van der Waals surface area contributed by atoms with E-state index in [1.54, 1.807) is 0 Å². The van der Waals surface area contributed by atoms with Crippen LogP contribution in [0.1, 0.15) is 40.5 Å². The van der Waals surface area contributed by atoms with Crippen LogP contribution in [0.5, 0.6) is 0 Å². The van der Waals surface area contributed by atoms with E-state index in [2.05, 4.69) is 13.8 Å². The molecule has 74 valence electrons. The number of hydrogen-bond donors (Lipinski definition) is 0. The lowest BCUT2D eigenvalue weighted by Crippen LogP contribution is -2.42. The van der Waals surface area contributed by atoms with Gasteiger partial charge < -0.3 is 9.85 Å². The van der Waals surface area contributed by atoms with Crippen LogP contribution in [-0.2, 0) is 0 Å². The molecule has 0 aromatic carbocycles. The van der Waals surface area contributed by atoms with Crippen molar-refractivity contribution in [3.8, 4) is 0 Å². The minimum absolute atomic E-state index is 0.00722. The lowest BCUT2D eigenvalue weighted by atomic mass is 10.1. The summed E-state index contributed by atoms with van der Waals surface area (Å²) in [5, 5.41) is 11.8. The smallest absolute Gasteiger partial charge is 0.0783 e. The fourth-order valence-corrected chi connectivity index (χ4v) is 1.33. The molecule has 0 aromatic heterocycles. The highest BCUT2D eigenvalue weighted by atomic mass is 16.5. The van der Waals surface area contributed by atoms with Crippen LogP contribution in [0.25, 0.3) is 0 Å². The van der Waals surface area contributed by atoms with Gasteiger partial charge in [0.15, 0.2) is 0 Å². The van der Waals surface area contributed by atoms with Gasteiger partial charge >= 0.3 is 0 Å². The molecule has 0 N–H and O–H groups in total. The third-order valence-corrected chi connectivity index (χ3v) is 2.50. The lowest BCUT2D eigenvalue weighted by molar-refractivity contribution is -0.877. The molecule has 0 aliphatic heterocycles. The van der Waals surface area contributed by atoms with Crippen LogP contribution in [0.2, 0.25) is 0 Å². The second-order valence-corrected chi connectivity index (χ2v) is 3.95. The average molecular weight is 173 g/mol. The third kappa shape index (κ3) is 4.73. The first-order chi connectivity index (χ1) is 5.54. The van der Waals surface area contributed by atoms with E-state index < -0.39 is 0 Å². The molecule has 0 aromatic rings. The fraction of sp³-hybridized carbons (Fsp3) is 1.00. The van der Waals surface area contributed by atoms with Gasteiger partial charge in [-0.25, -0.2) is 0 Å². The Morgan fingerprint density at radius 1 is 1.17 bits per heavy atom. The molecule has 0 bridgehead atoms. The Kier molecular flexibility index (Phi) is 5.51. The van der Waals surface area contributed by atoms with Crippen LogP contribution in [0, 0.1) is 11.1 Å². The van der Waals surface area contributed by atoms with E-state index in [9.17, 15) is 5.21 Å². The number of quaternary nitrogens is 1. The Labute approximate surface area is 76.7 Å². The minimum Gasteiger partial charge on any atom is -0.633 e. The number of rotatable bonds is 6. The summed E-state index contributed by atoms with van der Waals surface area (Å²) in [7, 11) is 0. The maximum absolute atomic E-state index is 11.8. The molecular formula is C10H23NO. The molecule has 2 heteroatoms. The first-order valence-electron chi connectivity index (χ1n) is 5.11. The van der Waals surface area contributed by atoms with Crippen LogP contribution < -0.4 is 0 Å². The molecule has 0 aliphatic rings. The van der Waals surface area contributed by atoms with Crippen molar-refractivity contribution in [3.05, 3.63) is 5.21 Å². The Hall–Kier alpha value is -0.0800. The van der Waals surface area contributed by atoms with Crippen molar-refractivity contribution in [2.45, 2.75) is 40.5 Å². The van der Waals surface area contributed by atoms with Gasteiger partial charge in [-0.3, -0.25) is 0 Å². The molecular weight excluding hydrogens is 150 g/mol. The molecule has 0 unspecified atom stereocenters. The van der Waals surface area contributed by atoms with Gasteiger partial charge in [0.05, 0.1) is 19.6 Å². The average Bonchev–Trinajstić information content (AvgIpc) is 2.03. The molecule has 0 spiro atoms. The van der Waals surface area contributed by atoms with Crippen LogP contribution in [0.3, 0.4) is 0 Å². The molecule has 0 saturated heterocycles. The summed E-state index contributed by atoms with van der Waals surface area (Å²) in [6.45, 7) is 10.6. The minimum atomic E-state index is -0.00722. The topological polar surface area (TPSA) is 23.1 Å². The summed E-state index contributed by atoms with van der Waals surface area (Å²) in [5.74, 6) is 0.729. The maximum Gasteiger partial charge on any atom is 0.0783 e. The van der Waals surface area contributed by atoms with E-state index in [0.717, 1.165) is 18.9 Å². The first-order valence-corrected chi connectivity index (χ1v) is 5.11. The SMILES string of the molecule is CC[N+]([O-])(CC)CCCC(C)C. The van der Waals surface area contributed by atoms with Gasteiger partial charge in [0, 0.05) is 0 Å². The monoisotopic (exact) mass is 173 g/mol. The Balaban J connectivity index is 3.58. The Bertz CT molecular complexity index is 108. The highest BCUT2D eigenvalue weighted by Crippen LogP contribution is 2.09. The van der Waals surface area contributed by atoms with Crippen molar-refractivity contribution >= 4 is 0 Å². The molecule has 0 atom stereocenters. The molecule has 0 fully saturated rings. The molecule has 12 heavy (non-hydrogen) atoms. The van der Waals surface area contributed by atoms with Crippen molar-refractivity contribution < 1.29 is 4.65 Å². The van der Waals surface area contributed by atoms with Crippen LogP contribution in [0.15, 0.2) is 0 Å². The Morgan fingerprint density at radius 3 is 2.00 bits per heavy atom.